The Morgan fingerprint density at radius 1 is 1.25 bits per heavy atom. The standard InChI is InChI=1S/C16H13ClN2O/c1-11-9-13(17)7-8-15(11)19-16(20)14(10-18)12-5-3-2-4-6-12/h2-9,14H,1H3,(H,19,20). The average Bonchev–Trinajstić information content (AvgIpc) is 2.44. The van der Waals surface area contributed by atoms with Crippen LogP contribution in [0.25, 0.3) is 0 Å². The van der Waals surface area contributed by atoms with Crippen LogP contribution in [0.4, 0.5) is 5.69 Å². The molecule has 0 bridgehead atoms. The van der Waals surface area contributed by atoms with Gasteiger partial charge in [-0.1, -0.05) is 41.9 Å². The van der Waals surface area contributed by atoms with Crippen molar-refractivity contribution < 1.29 is 4.79 Å². The Bertz CT molecular complexity index is 662. The summed E-state index contributed by atoms with van der Waals surface area (Å²) < 4.78 is 0. The fourth-order valence-corrected chi connectivity index (χ4v) is 2.13. The molecular formula is C16H13ClN2O. The van der Waals surface area contributed by atoms with Crippen molar-refractivity contribution in [1.82, 2.24) is 0 Å². The molecule has 0 aliphatic rings. The van der Waals surface area contributed by atoms with Crippen LogP contribution in [0.2, 0.25) is 5.02 Å². The van der Waals surface area contributed by atoms with E-state index in [1.165, 1.54) is 0 Å². The Labute approximate surface area is 122 Å². The van der Waals surface area contributed by atoms with Gasteiger partial charge in [-0.2, -0.15) is 5.26 Å². The third-order valence-corrected chi connectivity index (χ3v) is 3.21. The maximum absolute atomic E-state index is 12.2. The number of anilines is 1. The number of nitrogens with zero attached hydrogens (tertiary/aromatic N) is 1. The monoisotopic (exact) mass is 284 g/mol. The van der Waals surface area contributed by atoms with Gasteiger partial charge in [-0.3, -0.25) is 4.79 Å². The number of carbonyl (C=O) groups excluding carboxylic acids is 1. The van der Waals surface area contributed by atoms with Crippen molar-refractivity contribution in [2.45, 2.75) is 12.8 Å². The van der Waals surface area contributed by atoms with Crippen LogP contribution in [0.3, 0.4) is 0 Å². The number of nitriles is 1. The number of aryl methyl sites for hydroxylation is 1. The van der Waals surface area contributed by atoms with Crippen molar-refractivity contribution in [2.24, 2.45) is 0 Å². The van der Waals surface area contributed by atoms with Gasteiger partial charge in [0, 0.05) is 10.7 Å². The highest BCUT2D eigenvalue weighted by atomic mass is 35.5. The van der Waals surface area contributed by atoms with Gasteiger partial charge in [0.05, 0.1) is 6.07 Å². The third-order valence-electron chi connectivity index (χ3n) is 2.97. The van der Waals surface area contributed by atoms with Crippen molar-refractivity contribution in [3.8, 4) is 6.07 Å². The SMILES string of the molecule is Cc1cc(Cl)ccc1NC(=O)C(C#N)c1ccccc1. The minimum Gasteiger partial charge on any atom is -0.324 e. The van der Waals surface area contributed by atoms with E-state index in [1.54, 1.807) is 42.5 Å². The lowest BCUT2D eigenvalue weighted by Crippen LogP contribution is -2.20. The van der Waals surface area contributed by atoms with Crippen molar-refractivity contribution in [3.05, 3.63) is 64.7 Å². The maximum Gasteiger partial charge on any atom is 0.246 e. The molecule has 0 radical (unpaired) electrons. The second-order valence-corrected chi connectivity index (χ2v) is 4.86. The molecule has 0 aromatic heterocycles. The Balaban J connectivity index is 2.21. The molecule has 2 rings (SSSR count). The number of halogens is 1. The van der Waals surface area contributed by atoms with Gasteiger partial charge in [-0.15, -0.1) is 0 Å². The molecule has 0 saturated heterocycles. The van der Waals surface area contributed by atoms with Gasteiger partial charge < -0.3 is 5.32 Å². The Kier molecular flexibility index (Phi) is 4.39. The second kappa shape index (κ2) is 6.23. The molecule has 100 valence electrons. The molecule has 1 unspecified atom stereocenters. The fraction of sp³-hybridized carbons (Fsp3) is 0.125. The first-order valence-corrected chi connectivity index (χ1v) is 6.51. The first kappa shape index (κ1) is 14.1. The molecule has 0 saturated carbocycles. The van der Waals surface area contributed by atoms with Gasteiger partial charge >= 0.3 is 0 Å². The van der Waals surface area contributed by atoms with Crippen molar-refractivity contribution in [2.75, 3.05) is 5.32 Å². The molecule has 1 amide bonds. The number of carbonyl (C=O) groups is 1. The number of nitrogens with one attached hydrogen (secondary N) is 1. The zero-order chi connectivity index (χ0) is 14.5. The molecule has 4 heteroatoms. The summed E-state index contributed by atoms with van der Waals surface area (Å²) in [6.45, 7) is 1.85. The average molecular weight is 285 g/mol. The lowest BCUT2D eigenvalue weighted by atomic mass is 9.99. The summed E-state index contributed by atoms with van der Waals surface area (Å²) in [5.74, 6) is -1.17. The van der Waals surface area contributed by atoms with Crippen LogP contribution in [-0.4, -0.2) is 5.91 Å². The summed E-state index contributed by atoms with van der Waals surface area (Å²) in [6.07, 6.45) is 0. The Morgan fingerprint density at radius 2 is 1.95 bits per heavy atom. The molecule has 0 fully saturated rings. The third kappa shape index (κ3) is 3.17. The van der Waals surface area contributed by atoms with Crippen LogP contribution in [-0.2, 0) is 4.79 Å². The molecule has 1 atom stereocenters. The number of hydrogen-bond acceptors (Lipinski definition) is 2. The normalized spacial score (nSPS) is 11.4. The quantitative estimate of drug-likeness (QED) is 0.929. The van der Waals surface area contributed by atoms with E-state index in [9.17, 15) is 10.1 Å². The van der Waals surface area contributed by atoms with Gasteiger partial charge in [0.2, 0.25) is 5.91 Å². The molecule has 1 N–H and O–H groups in total. The molecule has 2 aromatic carbocycles. The van der Waals surface area contributed by atoms with Crippen molar-refractivity contribution >= 4 is 23.2 Å². The molecule has 2 aromatic rings. The number of hydrogen-bond donors (Lipinski definition) is 1. The molecule has 3 nitrogen and oxygen atoms in total. The van der Waals surface area contributed by atoms with E-state index in [-0.39, 0.29) is 5.91 Å². The van der Waals surface area contributed by atoms with Gasteiger partial charge in [0.1, 0.15) is 0 Å². The molecular weight excluding hydrogens is 272 g/mol. The van der Waals surface area contributed by atoms with Gasteiger partial charge in [0.15, 0.2) is 5.92 Å². The van der Waals surface area contributed by atoms with Crippen LogP contribution in [0.1, 0.15) is 17.0 Å². The summed E-state index contributed by atoms with van der Waals surface area (Å²) in [6, 6.07) is 16.2. The lowest BCUT2D eigenvalue weighted by molar-refractivity contribution is -0.116. The first-order chi connectivity index (χ1) is 9.61. The lowest BCUT2D eigenvalue weighted by Gasteiger charge is -2.12. The second-order valence-electron chi connectivity index (χ2n) is 4.42. The van der Waals surface area contributed by atoms with E-state index in [2.05, 4.69) is 5.32 Å². The summed E-state index contributed by atoms with van der Waals surface area (Å²) in [5, 5.41) is 12.6. The highest BCUT2D eigenvalue weighted by Gasteiger charge is 2.20. The van der Waals surface area contributed by atoms with Gasteiger partial charge in [-0.05, 0) is 36.2 Å². The molecule has 0 heterocycles. The van der Waals surface area contributed by atoms with E-state index in [4.69, 9.17) is 11.6 Å². The van der Waals surface area contributed by atoms with E-state index in [0.29, 0.717) is 16.3 Å². The molecule has 0 aliphatic carbocycles. The predicted octanol–water partition coefficient (Wildman–Crippen LogP) is 3.89. The number of benzene rings is 2. The summed E-state index contributed by atoms with van der Waals surface area (Å²) in [5.41, 5.74) is 2.20. The smallest absolute Gasteiger partial charge is 0.246 e. The zero-order valence-corrected chi connectivity index (χ0v) is 11.7. The maximum atomic E-state index is 12.2. The van der Waals surface area contributed by atoms with Gasteiger partial charge in [0.25, 0.3) is 0 Å². The molecule has 0 aliphatic heterocycles. The predicted molar refractivity (Wildman–Crippen MR) is 79.6 cm³/mol. The largest absolute Gasteiger partial charge is 0.324 e. The van der Waals surface area contributed by atoms with Crippen molar-refractivity contribution in [1.29, 1.82) is 5.26 Å². The van der Waals surface area contributed by atoms with E-state index < -0.39 is 5.92 Å². The van der Waals surface area contributed by atoms with Crippen LogP contribution in [0.15, 0.2) is 48.5 Å². The van der Waals surface area contributed by atoms with E-state index >= 15 is 0 Å². The minimum atomic E-state index is -0.828. The fourth-order valence-electron chi connectivity index (χ4n) is 1.90. The number of rotatable bonds is 3. The summed E-state index contributed by atoms with van der Waals surface area (Å²) in [4.78, 5) is 12.2. The molecule has 20 heavy (non-hydrogen) atoms. The highest BCUT2D eigenvalue weighted by molar-refractivity contribution is 6.30. The highest BCUT2D eigenvalue weighted by Crippen LogP contribution is 2.22. The first-order valence-electron chi connectivity index (χ1n) is 6.13. The summed E-state index contributed by atoms with van der Waals surface area (Å²) >= 11 is 5.87. The van der Waals surface area contributed by atoms with Crippen molar-refractivity contribution in [3.63, 3.8) is 0 Å². The van der Waals surface area contributed by atoms with Crippen LogP contribution < -0.4 is 5.32 Å². The Hall–Kier alpha value is -2.31. The molecule has 0 spiro atoms. The van der Waals surface area contributed by atoms with Crippen LogP contribution in [0, 0.1) is 18.3 Å². The minimum absolute atomic E-state index is 0.343. The zero-order valence-electron chi connectivity index (χ0n) is 10.9. The van der Waals surface area contributed by atoms with E-state index in [0.717, 1.165) is 5.56 Å². The number of amides is 1. The van der Waals surface area contributed by atoms with Crippen LogP contribution in [0.5, 0.6) is 0 Å². The topological polar surface area (TPSA) is 52.9 Å². The van der Waals surface area contributed by atoms with E-state index in [1.807, 2.05) is 19.1 Å². The summed E-state index contributed by atoms with van der Waals surface area (Å²) in [7, 11) is 0. The van der Waals surface area contributed by atoms with Gasteiger partial charge in [-0.25, -0.2) is 0 Å². The Morgan fingerprint density at radius 3 is 2.55 bits per heavy atom. The van der Waals surface area contributed by atoms with Crippen LogP contribution >= 0.6 is 11.6 Å².